The first kappa shape index (κ1) is 12.7. The average Bonchev–Trinajstić information content (AvgIpc) is 2.65. The molecule has 84 valence electrons. The van der Waals surface area contributed by atoms with Crippen molar-refractivity contribution in [3.63, 3.8) is 0 Å². The van der Waals surface area contributed by atoms with Gasteiger partial charge in [0.2, 0.25) is 0 Å². The molecule has 0 N–H and O–H groups in total. The van der Waals surface area contributed by atoms with E-state index in [1.54, 1.807) is 5.38 Å². The lowest BCUT2D eigenvalue weighted by Crippen LogP contribution is -2.21. The van der Waals surface area contributed by atoms with Crippen molar-refractivity contribution >= 4 is 34.2 Å². The molecule has 0 amide bonds. The molecule has 0 unspecified atom stereocenters. The molecule has 0 aliphatic rings. The lowest BCUT2D eigenvalue weighted by Gasteiger charge is -1.91. The van der Waals surface area contributed by atoms with Gasteiger partial charge in [-0.2, -0.15) is 0 Å². The zero-order valence-electron chi connectivity index (χ0n) is 8.48. The Kier molecular flexibility index (Phi) is 5.02. The van der Waals surface area contributed by atoms with Crippen LogP contribution in [-0.4, -0.2) is 21.8 Å². The molecule has 0 atom stereocenters. The van der Waals surface area contributed by atoms with E-state index in [0.717, 1.165) is 11.3 Å². The SMILES string of the molecule is CC(=O)SCCC#Cc1csc(C(=O)[O-])n1. The normalized spacial score (nSPS) is 9.31. The maximum Gasteiger partial charge on any atom is 0.185 e. The Morgan fingerprint density at radius 1 is 1.62 bits per heavy atom. The number of nitrogens with zero attached hydrogens (tertiary/aromatic N) is 1. The lowest BCUT2D eigenvalue weighted by atomic mass is 10.4. The van der Waals surface area contributed by atoms with Gasteiger partial charge in [0.05, 0.1) is 0 Å². The van der Waals surface area contributed by atoms with Crippen molar-refractivity contribution < 1.29 is 14.7 Å². The molecule has 1 aromatic heterocycles. The van der Waals surface area contributed by atoms with Gasteiger partial charge in [0, 0.05) is 24.5 Å². The summed E-state index contributed by atoms with van der Waals surface area (Å²) in [6.45, 7) is 1.50. The smallest absolute Gasteiger partial charge is 0.185 e. The fourth-order valence-electron chi connectivity index (χ4n) is 0.824. The van der Waals surface area contributed by atoms with E-state index in [1.165, 1.54) is 18.7 Å². The van der Waals surface area contributed by atoms with Gasteiger partial charge in [-0.15, -0.1) is 11.3 Å². The highest BCUT2D eigenvalue weighted by Crippen LogP contribution is 2.07. The van der Waals surface area contributed by atoms with Gasteiger partial charge in [-0.3, -0.25) is 4.79 Å². The first-order valence-corrected chi connectivity index (χ1v) is 6.25. The fraction of sp³-hybridized carbons (Fsp3) is 0.300. The Morgan fingerprint density at radius 3 is 2.94 bits per heavy atom. The maximum atomic E-state index is 10.6. The minimum absolute atomic E-state index is 0.0645. The zero-order chi connectivity index (χ0) is 12.0. The number of carbonyl (C=O) groups is 2. The van der Waals surface area contributed by atoms with Gasteiger partial charge in [-0.1, -0.05) is 17.7 Å². The van der Waals surface area contributed by atoms with Crippen LogP contribution >= 0.6 is 23.1 Å². The molecule has 0 aliphatic carbocycles. The van der Waals surface area contributed by atoms with E-state index in [0.29, 0.717) is 17.9 Å². The number of carboxylic acid groups (broad SMARTS) is 1. The summed E-state index contributed by atoms with van der Waals surface area (Å²) in [4.78, 5) is 24.8. The molecule has 4 nitrogen and oxygen atoms in total. The number of aromatic nitrogens is 1. The highest BCUT2D eigenvalue weighted by Gasteiger charge is 1.99. The van der Waals surface area contributed by atoms with Gasteiger partial charge in [0.15, 0.2) is 5.12 Å². The van der Waals surface area contributed by atoms with Gasteiger partial charge < -0.3 is 9.90 Å². The van der Waals surface area contributed by atoms with Crippen molar-refractivity contribution in [1.82, 2.24) is 4.98 Å². The number of aromatic carboxylic acids is 1. The summed E-state index contributed by atoms with van der Waals surface area (Å²) in [5.41, 5.74) is 0.428. The highest BCUT2D eigenvalue weighted by molar-refractivity contribution is 8.13. The molecule has 0 bridgehead atoms. The topological polar surface area (TPSA) is 70.1 Å². The molecular formula is C10H8NO3S2-. The Labute approximate surface area is 101 Å². The molecule has 0 saturated carbocycles. The summed E-state index contributed by atoms with van der Waals surface area (Å²) < 4.78 is 0. The molecule has 0 fully saturated rings. The quantitative estimate of drug-likeness (QED) is 0.581. The first-order valence-electron chi connectivity index (χ1n) is 4.38. The number of hydrogen-bond donors (Lipinski definition) is 0. The third-order valence-electron chi connectivity index (χ3n) is 1.43. The highest BCUT2D eigenvalue weighted by atomic mass is 32.2. The van der Waals surface area contributed by atoms with Crippen LogP contribution < -0.4 is 5.11 Å². The molecule has 6 heteroatoms. The average molecular weight is 254 g/mol. The summed E-state index contributed by atoms with van der Waals surface area (Å²) >= 11 is 2.20. The number of hydrogen-bond acceptors (Lipinski definition) is 6. The third kappa shape index (κ3) is 4.47. The summed E-state index contributed by atoms with van der Waals surface area (Å²) in [6, 6.07) is 0. The number of carbonyl (C=O) groups excluding carboxylic acids is 2. The van der Waals surface area contributed by atoms with Gasteiger partial charge in [-0.25, -0.2) is 4.98 Å². The summed E-state index contributed by atoms with van der Waals surface area (Å²) in [5.74, 6) is 4.90. The molecule has 16 heavy (non-hydrogen) atoms. The predicted octanol–water partition coefficient (Wildman–Crippen LogP) is 0.528. The second-order valence-electron chi connectivity index (χ2n) is 2.72. The van der Waals surface area contributed by atoms with Crippen LogP contribution in [0, 0.1) is 11.8 Å². The monoisotopic (exact) mass is 254 g/mol. The number of thiazole rings is 1. The number of thioether (sulfide) groups is 1. The van der Waals surface area contributed by atoms with E-state index >= 15 is 0 Å². The van der Waals surface area contributed by atoms with Gasteiger partial charge in [-0.05, 0) is 5.92 Å². The third-order valence-corrected chi connectivity index (χ3v) is 3.06. The van der Waals surface area contributed by atoms with Crippen molar-refractivity contribution in [3.05, 3.63) is 16.1 Å². The lowest BCUT2D eigenvalue weighted by molar-refractivity contribution is -0.255. The van der Waals surface area contributed by atoms with Crippen molar-refractivity contribution in [2.45, 2.75) is 13.3 Å². The van der Waals surface area contributed by atoms with Crippen molar-refractivity contribution in [1.29, 1.82) is 0 Å². The van der Waals surface area contributed by atoms with E-state index in [1.807, 2.05) is 0 Å². The Hall–Kier alpha value is -1.32. The largest absolute Gasteiger partial charge is 0.542 e. The maximum absolute atomic E-state index is 10.6. The van der Waals surface area contributed by atoms with Crippen LogP contribution in [0.25, 0.3) is 0 Å². The first-order chi connectivity index (χ1) is 7.59. The van der Waals surface area contributed by atoms with E-state index in [9.17, 15) is 14.7 Å². The molecule has 0 aliphatic heterocycles. The molecule has 1 rings (SSSR count). The molecule has 0 spiro atoms. The predicted molar refractivity (Wildman–Crippen MR) is 61.1 cm³/mol. The van der Waals surface area contributed by atoms with Gasteiger partial charge in [0.25, 0.3) is 0 Å². The summed E-state index contributed by atoms with van der Waals surface area (Å²) in [5, 5.41) is 12.0. The van der Waals surface area contributed by atoms with Crippen LogP contribution in [0.15, 0.2) is 5.38 Å². The van der Waals surface area contributed by atoms with Crippen LogP contribution in [0.1, 0.15) is 28.8 Å². The molecule has 0 aromatic carbocycles. The van der Waals surface area contributed by atoms with Crippen molar-refractivity contribution in [2.24, 2.45) is 0 Å². The number of rotatable bonds is 3. The van der Waals surface area contributed by atoms with E-state index in [2.05, 4.69) is 16.8 Å². The van der Waals surface area contributed by atoms with E-state index in [4.69, 9.17) is 0 Å². The molecule has 1 heterocycles. The van der Waals surface area contributed by atoms with Crippen molar-refractivity contribution in [2.75, 3.05) is 5.75 Å². The zero-order valence-corrected chi connectivity index (χ0v) is 10.1. The molecule has 0 radical (unpaired) electrons. The molecule has 0 saturated heterocycles. The van der Waals surface area contributed by atoms with Crippen LogP contribution in [0.5, 0.6) is 0 Å². The molecule has 1 aromatic rings. The standard InChI is InChI=1S/C10H9NO3S2/c1-7(12)15-5-3-2-4-8-6-16-9(11-8)10(13)14/h6H,3,5H2,1H3,(H,13,14)/p-1. The Bertz CT molecular complexity index is 456. The van der Waals surface area contributed by atoms with Gasteiger partial charge >= 0.3 is 0 Å². The Morgan fingerprint density at radius 2 is 2.38 bits per heavy atom. The minimum Gasteiger partial charge on any atom is -0.542 e. The van der Waals surface area contributed by atoms with E-state index in [-0.39, 0.29) is 10.1 Å². The van der Waals surface area contributed by atoms with Crippen LogP contribution in [0.3, 0.4) is 0 Å². The second-order valence-corrected chi connectivity index (χ2v) is 4.85. The number of carboxylic acids is 1. The minimum atomic E-state index is -1.29. The fourth-order valence-corrected chi connectivity index (χ4v) is 1.90. The van der Waals surface area contributed by atoms with E-state index < -0.39 is 5.97 Å². The molecular weight excluding hydrogens is 246 g/mol. The van der Waals surface area contributed by atoms with Crippen molar-refractivity contribution in [3.8, 4) is 11.8 Å². The van der Waals surface area contributed by atoms with Crippen LogP contribution in [0.2, 0.25) is 0 Å². The summed E-state index contributed by atoms with van der Waals surface area (Å²) in [6.07, 6.45) is 0.572. The Balaban J connectivity index is 2.44. The second kappa shape index (κ2) is 6.30. The van der Waals surface area contributed by atoms with Crippen LogP contribution in [0.4, 0.5) is 0 Å². The van der Waals surface area contributed by atoms with Crippen LogP contribution in [-0.2, 0) is 4.79 Å². The summed E-state index contributed by atoms with van der Waals surface area (Å²) in [7, 11) is 0. The van der Waals surface area contributed by atoms with Gasteiger partial charge in [0.1, 0.15) is 16.7 Å².